The van der Waals surface area contributed by atoms with E-state index in [1.807, 2.05) is 43.3 Å². The van der Waals surface area contributed by atoms with Crippen molar-refractivity contribution in [2.75, 3.05) is 13.7 Å². The summed E-state index contributed by atoms with van der Waals surface area (Å²) >= 11 is 0. The third kappa shape index (κ3) is 5.84. The molecule has 0 radical (unpaired) electrons. The molecule has 25 heavy (non-hydrogen) atoms. The average Bonchev–Trinajstić information content (AvgIpc) is 2.64. The number of carboxylic acids is 1. The summed E-state index contributed by atoms with van der Waals surface area (Å²) in [4.78, 5) is 15.9. The van der Waals surface area contributed by atoms with Gasteiger partial charge in [-0.2, -0.15) is 0 Å². The van der Waals surface area contributed by atoms with Crippen LogP contribution >= 0.6 is 0 Å². The summed E-state index contributed by atoms with van der Waals surface area (Å²) in [6.45, 7) is 2.00. The van der Waals surface area contributed by atoms with Gasteiger partial charge in [0.05, 0.1) is 12.8 Å². The van der Waals surface area contributed by atoms with Crippen molar-refractivity contribution < 1.29 is 24.2 Å². The molecule has 0 bridgehead atoms. The van der Waals surface area contributed by atoms with Crippen LogP contribution in [0.3, 0.4) is 0 Å². The first-order valence-corrected chi connectivity index (χ1v) is 7.89. The molecular weight excluding hydrogens is 322 g/mol. The fraction of sp³-hybridized carbons (Fsp3) is 0.263. The summed E-state index contributed by atoms with van der Waals surface area (Å²) in [7, 11) is 1.63. The minimum absolute atomic E-state index is 0.362. The number of hydrogen-bond acceptors (Lipinski definition) is 5. The van der Waals surface area contributed by atoms with Gasteiger partial charge in [0.1, 0.15) is 18.1 Å². The smallest absolute Gasteiger partial charge is 0.341 e. The number of carbonyl (C=O) groups is 1. The van der Waals surface area contributed by atoms with Gasteiger partial charge in [-0.05, 0) is 53.9 Å². The van der Waals surface area contributed by atoms with Crippen LogP contribution < -0.4 is 9.47 Å². The molecule has 0 aliphatic rings. The van der Waals surface area contributed by atoms with Crippen LogP contribution in [-0.4, -0.2) is 30.5 Å². The van der Waals surface area contributed by atoms with Crippen LogP contribution in [0.4, 0.5) is 0 Å². The van der Waals surface area contributed by atoms with Crippen LogP contribution in [0.25, 0.3) is 0 Å². The Balaban J connectivity index is 1.95. The average molecular weight is 343 g/mol. The predicted molar refractivity (Wildman–Crippen MR) is 94.2 cm³/mol. The van der Waals surface area contributed by atoms with Gasteiger partial charge in [0, 0.05) is 0 Å². The number of carboxylic acid groups (broad SMARTS) is 1. The molecule has 0 aliphatic heterocycles. The zero-order valence-electron chi connectivity index (χ0n) is 14.3. The van der Waals surface area contributed by atoms with Crippen molar-refractivity contribution >= 4 is 11.7 Å². The lowest BCUT2D eigenvalue weighted by Gasteiger charge is -2.07. The van der Waals surface area contributed by atoms with Gasteiger partial charge in [-0.3, -0.25) is 0 Å². The lowest BCUT2D eigenvalue weighted by molar-refractivity contribution is -0.139. The summed E-state index contributed by atoms with van der Waals surface area (Å²) in [5, 5.41) is 12.8. The van der Waals surface area contributed by atoms with Gasteiger partial charge in [-0.25, -0.2) is 4.79 Å². The zero-order valence-corrected chi connectivity index (χ0v) is 14.3. The minimum Gasteiger partial charge on any atom is -0.497 e. The van der Waals surface area contributed by atoms with Crippen LogP contribution in [0, 0.1) is 0 Å². The Morgan fingerprint density at radius 2 is 1.68 bits per heavy atom. The maximum Gasteiger partial charge on any atom is 0.341 e. The Bertz CT molecular complexity index is 708. The number of rotatable bonds is 9. The highest BCUT2D eigenvalue weighted by atomic mass is 16.6. The molecule has 0 aliphatic carbocycles. The molecule has 132 valence electrons. The molecule has 0 heterocycles. The number of hydrogen-bond donors (Lipinski definition) is 1. The number of methoxy groups -OCH3 is 1. The second-order valence-corrected chi connectivity index (χ2v) is 5.22. The molecule has 6 nitrogen and oxygen atoms in total. The lowest BCUT2D eigenvalue weighted by atomic mass is 10.1. The normalized spacial score (nSPS) is 11.0. The van der Waals surface area contributed by atoms with Crippen LogP contribution in [0.5, 0.6) is 11.5 Å². The fourth-order valence-corrected chi connectivity index (χ4v) is 2.12. The standard InChI is InChI=1S/C19H21NO5/c1-3-18(15-6-10-17(11-7-15)24-13-19(21)22)20-25-12-14-4-8-16(23-2)9-5-14/h4-11H,3,12-13H2,1-2H3,(H,21,22)/b20-18+. The summed E-state index contributed by atoms with van der Waals surface area (Å²) in [6, 6.07) is 14.7. The molecule has 1 N–H and O–H groups in total. The van der Waals surface area contributed by atoms with Crippen molar-refractivity contribution in [3.8, 4) is 11.5 Å². The van der Waals surface area contributed by atoms with E-state index in [-0.39, 0.29) is 6.61 Å². The van der Waals surface area contributed by atoms with Crippen molar-refractivity contribution in [3.05, 3.63) is 59.7 Å². The molecule has 6 heteroatoms. The van der Waals surface area contributed by atoms with Crippen LogP contribution in [0.2, 0.25) is 0 Å². The predicted octanol–water partition coefficient (Wildman–Crippen LogP) is 3.49. The maximum absolute atomic E-state index is 10.5. The molecule has 0 saturated carbocycles. The summed E-state index contributed by atoms with van der Waals surface area (Å²) < 4.78 is 10.2. The largest absolute Gasteiger partial charge is 0.497 e. The van der Waals surface area contributed by atoms with E-state index < -0.39 is 5.97 Å². The minimum atomic E-state index is -1.01. The second-order valence-electron chi connectivity index (χ2n) is 5.22. The van der Waals surface area contributed by atoms with Gasteiger partial charge in [0.25, 0.3) is 0 Å². The number of nitrogens with zero attached hydrogens (tertiary/aromatic N) is 1. The van der Waals surface area contributed by atoms with E-state index >= 15 is 0 Å². The summed E-state index contributed by atoms with van der Waals surface area (Å²) in [6.07, 6.45) is 0.706. The number of ether oxygens (including phenoxy) is 2. The molecule has 0 saturated heterocycles. The summed E-state index contributed by atoms with van der Waals surface area (Å²) in [5.41, 5.74) is 2.70. The van der Waals surface area contributed by atoms with E-state index in [0.717, 1.165) is 22.6 Å². The van der Waals surface area contributed by atoms with Gasteiger partial charge in [0.15, 0.2) is 6.61 Å². The van der Waals surface area contributed by atoms with E-state index in [4.69, 9.17) is 19.4 Å². The van der Waals surface area contributed by atoms with Gasteiger partial charge < -0.3 is 19.4 Å². The molecule has 0 spiro atoms. The molecule has 0 fully saturated rings. The highest BCUT2D eigenvalue weighted by Crippen LogP contribution is 2.15. The molecule has 0 amide bonds. The Hall–Kier alpha value is -3.02. The van der Waals surface area contributed by atoms with Crippen molar-refractivity contribution in [2.24, 2.45) is 5.16 Å². The first-order valence-electron chi connectivity index (χ1n) is 7.89. The van der Waals surface area contributed by atoms with E-state index in [1.54, 1.807) is 19.2 Å². The number of benzene rings is 2. The van der Waals surface area contributed by atoms with E-state index in [0.29, 0.717) is 18.8 Å². The van der Waals surface area contributed by atoms with Crippen molar-refractivity contribution in [3.63, 3.8) is 0 Å². The Morgan fingerprint density at radius 1 is 1.04 bits per heavy atom. The fourth-order valence-electron chi connectivity index (χ4n) is 2.12. The Kier molecular flexibility index (Phi) is 6.83. The monoisotopic (exact) mass is 343 g/mol. The van der Waals surface area contributed by atoms with E-state index in [9.17, 15) is 4.79 Å². The summed E-state index contributed by atoms with van der Waals surface area (Å²) in [5.74, 6) is 0.291. The second kappa shape index (κ2) is 9.32. The van der Waals surface area contributed by atoms with Crippen LogP contribution in [0.15, 0.2) is 53.7 Å². The quantitative estimate of drug-likeness (QED) is 0.557. The van der Waals surface area contributed by atoms with Crippen LogP contribution in [-0.2, 0) is 16.2 Å². The third-order valence-corrected chi connectivity index (χ3v) is 3.45. The molecular formula is C19H21NO5. The SMILES string of the molecule is CC/C(=N\OCc1ccc(OC)cc1)c1ccc(OCC(=O)O)cc1. The zero-order chi connectivity index (χ0) is 18.1. The Morgan fingerprint density at radius 3 is 2.24 bits per heavy atom. The first-order chi connectivity index (χ1) is 12.1. The van der Waals surface area contributed by atoms with Crippen molar-refractivity contribution in [2.45, 2.75) is 20.0 Å². The Labute approximate surface area is 146 Å². The van der Waals surface area contributed by atoms with Gasteiger partial charge in [0.2, 0.25) is 0 Å². The number of oxime groups is 1. The highest BCUT2D eigenvalue weighted by molar-refractivity contribution is 6.00. The van der Waals surface area contributed by atoms with Crippen molar-refractivity contribution in [1.29, 1.82) is 0 Å². The molecule has 2 aromatic carbocycles. The van der Waals surface area contributed by atoms with Gasteiger partial charge in [-0.15, -0.1) is 0 Å². The topological polar surface area (TPSA) is 77.3 Å². The highest BCUT2D eigenvalue weighted by Gasteiger charge is 2.04. The van der Waals surface area contributed by atoms with E-state index in [1.165, 1.54) is 0 Å². The number of aliphatic carboxylic acids is 1. The molecule has 0 unspecified atom stereocenters. The van der Waals surface area contributed by atoms with Gasteiger partial charge in [-0.1, -0.05) is 24.2 Å². The van der Waals surface area contributed by atoms with Crippen molar-refractivity contribution in [1.82, 2.24) is 0 Å². The molecule has 2 aromatic rings. The third-order valence-electron chi connectivity index (χ3n) is 3.45. The van der Waals surface area contributed by atoms with Gasteiger partial charge >= 0.3 is 5.97 Å². The molecule has 0 aromatic heterocycles. The lowest BCUT2D eigenvalue weighted by Crippen LogP contribution is -2.09. The first kappa shape index (κ1) is 18.3. The van der Waals surface area contributed by atoms with Crippen LogP contribution in [0.1, 0.15) is 24.5 Å². The molecule has 2 rings (SSSR count). The van der Waals surface area contributed by atoms with E-state index in [2.05, 4.69) is 5.16 Å². The maximum atomic E-state index is 10.5. The molecule has 0 atom stereocenters.